The quantitative estimate of drug-likeness (QED) is 0.876. The third-order valence-electron chi connectivity index (χ3n) is 3.01. The Labute approximate surface area is 132 Å². The molecule has 0 atom stereocenters. The average Bonchev–Trinajstić information content (AvgIpc) is 2.41. The van der Waals surface area contributed by atoms with Gasteiger partial charge in [-0.25, -0.2) is 12.8 Å². The first-order valence-electron chi connectivity index (χ1n) is 6.30. The van der Waals surface area contributed by atoms with Crippen LogP contribution >= 0.6 is 15.9 Å². The van der Waals surface area contributed by atoms with E-state index < -0.39 is 9.84 Å². The summed E-state index contributed by atoms with van der Waals surface area (Å²) in [5.41, 5.74) is 1.95. The lowest BCUT2D eigenvalue weighted by Gasteiger charge is -2.08. The lowest BCUT2D eigenvalue weighted by molar-refractivity contribution is 0.601. The van der Waals surface area contributed by atoms with Crippen molar-refractivity contribution in [2.24, 2.45) is 0 Å². The molecular weight excluding hydrogens is 357 g/mol. The summed E-state index contributed by atoms with van der Waals surface area (Å²) in [6, 6.07) is 11.3. The number of halogens is 2. The van der Waals surface area contributed by atoms with E-state index in [9.17, 15) is 12.8 Å². The summed E-state index contributed by atoms with van der Waals surface area (Å²) < 4.78 is 36.4. The second kappa shape index (κ2) is 6.68. The summed E-state index contributed by atoms with van der Waals surface area (Å²) in [5.74, 6) is -0.276. The Hall–Kier alpha value is -1.24. The molecule has 0 fully saturated rings. The Balaban J connectivity index is 1.94. The molecule has 0 bridgehead atoms. The number of hydrogen-bond donors (Lipinski definition) is 1. The molecule has 0 amide bonds. The number of nitrogens with one attached hydrogen (secondary N) is 1. The molecule has 0 spiro atoms. The first kappa shape index (κ1) is 16.1. The standard InChI is InChI=1S/C15H15BrFNO2S/c1-21(19,20)14-6-2-11(3-7-14)9-18-10-12-4-5-13(17)8-15(12)16/h2-8,18H,9-10H2,1H3. The predicted molar refractivity (Wildman–Crippen MR) is 84.2 cm³/mol. The van der Waals surface area contributed by atoms with Gasteiger partial charge in [0, 0.05) is 23.8 Å². The fraction of sp³-hybridized carbons (Fsp3) is 0.200. The van der Waals surface area contributed by atoms with Gasteiger partial charge in [0.2, 0.25) is 0 Å². The van der Waals surface area contributed by atoms with Crippen molar-refractivity contribution in [1.29, 1.82) is 0 Å². The van der Waals surface area contributed by atoms with Crippen molar-refractivity contribution >= 4 is 25.8 Å². The molecule has 1 N–H and O–H groups in total. The van der Waals surface area contributed by atoms with Crippen LogP contribution in [0.4, 0.5) is 4.39 Å². The zero-order chi connectivity index (χ0) is 15.5. The van der Waals surface area contributed by atoms with Crippen molar-refractivity contribution in [2.45, 2.75) is 18.0 Å². The van der Waals surface area contributed by atoms with Gasteiger partial charge in [0.05, 0.1) is 4.90 Å². The minimum atomic E-state index is -3.15. The summed E-state index contributed by atoms with van der Waals surface area (Å²) in [5, 5.41) is 3.23. The molecule has 2 aromatic carbocycles. The molecule has 0 radical (unpaired) electrons. The SMILES string of the molecule is CS(=O)(=O)c1ccc(CNCc2ccc(F)cc2Br)cc1. The van der Waals surface area contributed by atoms with Crippen molar-refractivity contribution in [3.63, 3.8) is 0 Å². The first-order chi connectivity index (χ1) is 9.86. The monoisotopic (exact) mass is 371 g/mol. The molecule has 0 heterocycles. The molecule has 0 saturated carbocycles. The van der Waals surface area contributed by atoms with E-state index in [1.165, 1.54) is 18.4 Å². The highest BCUT2D eigenvalue weighted by Crippen LogP contribution is 2.18. The Morgan fingerprint density at radius 2 is 1.76 bits per heavy atom. The maximum Gasteiger partial charge on any atom is 0.175 e. The van der Waals surface area contributed by atoms with Crippen LogP contribution in [-0.2, 0) is 22.9 Å². The molecule has 0 saturated heterocycles. The molecule has 0 aliphatic carbocycles. The Morgan fingerprint density at radius 1 is 1.10 bits per heavy atom. The Kier molecular flexibility index (Phi) is 5.13. The van der Waals surface area contributed by atoms with E-state index in [-0.39, 0.29) is 5.82 Å². The second-order valence-corrected chi connectivity index (χ2v) is 7.63. The summed E-state index contributed by atoms with van der Waals surface area (Å²) in [6.07, 6.45) is 1.19. The van der Waals surface area contributed by atoms with Crippen LogP contribution in [0, 0.1) is 5.82 Å². The fourth-order valence-electron chi connectivity index (χ4n) is 1.86. The van der Waals surface area contributed by atoms with Crippen LogP contribution in [0.1, 0.15) is 11.1 Å². The molecule has 112 valence electrons. The smallest absolute Gasteiger partial charge is 0.175 e. The van der Waals surface area contributed by atoms with Gasteiger partial charge in [-0.15, -0.1) is 0 Å². The van der Waals surface area contributed by atoms with Crippen LogP contribution in [-0.4, -0.2) is 14.7 Å². The van der Waals surface area contributed by atoms with Crippen LogP contribution in [0.25, 0.3) is 0 Å². The van der Waals surface area contributed by atoms with Crippen LogP contribution in [0.3, 0.4) is 0 Å². The molecular formula is C15H15BrFNO2S. The summed E-state index contributed by atoms with van der Waals surface area (Å²) >= 11 is 3.32. The van der Waals surface area contributed by atoms with Gasteiger partial charge >= 0.3 is 0 Å². The van der Waals surface area contributed by atoms with E-state index in [4.69, 9.17) is 0 Å². The highest BCUT2D eigenvalue weighted by Gasteiger charge is 2.06. The van der Waals surface area contributed by atoms with Crippen molar-refractivity contribution in [3.05, 3.63) is 63.9 Å². The van der Waals surface area contributed by atoms with Crippen molar-refractivity contribution in [1.82, 2.24) is 5.32 Å². The normalized spacial score (nSPS) is 11.6. The number of rotatable bonds is 5. The summed E-state index contributed by atoms with van der Waals surface area (Å²) in [6.45, 7) is 1.20. The van der Waals surface area contributed by atoms with Crippen molar-refractivity contribution in [2.75, 3.05) is 6.26 Å². The zero-order valence-electron chi connectivity index (χ0n) is 11.4. The third kappa shape index (κ3) is 4.62. The van der Waals surface area contributed by atoms with E-state index in [1.807, 2.05) is 0 Å². The largest absolute Gasteiger partial charge is 0.309 e. The van der Waals surface area contributed by atoms with Gasteiger partial charge < -0.3 is 5.32 Å². The van der Waals surface area contributed by atoms with Crippen LogP contribution < -0.4 is 5.32 Å². The van der Waals surface area contributed by atoms with Crippen molar-refractivity contribution < 1.29 is 12.8 Å². The summed E-state index contributed by atoms with van der Waals surface area (Å²) in [4.78, 5) is 0.313. The van der Waals surface area contributed by atoms with Crippen LogP contribution in [0.2, 0.25) is 0 Å². The molecule has 21 heavy (non-hydrogen) atoms. The minimum absolute atomic E-state index is 0.276. The Bertz CT molecular complexity index is 730. The average molecular weight is 372 g/mol. The van der Waals surface area contributed by atoms with Gasteiger partial charge in [0.15, 0.2) is 9.84 Å². The fourth-order valence-corrected chi connectivity index (χ4v) is 2.98. The van der Waals surface area contributed by atoms with Gasteiger partial charge in [0.1, 0.15) is 5.82 Å². The molecule has 0 aliphatic rings. The maximum absolute atomic E-state index is 13.0. The van der Waals surface area contributed by atoms with Crippen molar-refractivity contribution in [3.8, 4) is 0 Å². The molecule has 6 heteroatoms. The van der Waals surface area contributed by atoms with Gasteiger partial charge in [-0.1, -0.05) is 34.1 Å². The summed E-state index contributed by atoms with van der Waals surface area (Å²) in [7, 11) is -3.15. The highest BCUT2D eigenvalue weighted by atomic mass is 79.9. The maximum atomic E-state index is 13.0. The van der Waals surface area contributed by atoms with Gasteiger partial charge in [-0.3, -0.25) is 0 Å². The van der Waals surface area contributed by atoms with Crippen LogP contribution in [0.15, 0.2) is 51.8 Å². The molecule has 0 unspecified atom stereocenters. The van der Waals surface area contributed by atoms with E-state index >= 15 is 0 Å². The zero-order valence-corrected chi connectivity index (χ0v) is 13.8. The second-order valence-electron chi connectivity index (χ2n) is 4.76. The Morgan fingerprint density at radius 3 is 2.33 bits per heavy atom. The number of benzene rings is 2. The predicted octanol–water partition coefficient (Wildman–Crippen LogP) is 3.28. The molecule has 3 nitrogen and oxygen atoms in total. The van der Waals surface area contributed by atoms with Gasteiger partial charge in [0.25, 0.3) is 0 Å². The third-order valence-corrected chi connectivity index (χ3v) is 4.88. The van der Waals surface area contributed by atoms with E-state index in [2.05, 4.69) is 21.2 Å². The lowest BCUT2D eigenvalue weighted by Crippen LogP contribution is -2.13. The van der Waals surface area contributed by atoms with Crippen LogP contribution in [0.5, 0.6) is 0 Å². The molecule has 0 aromatic heterocycles. The topological polar surface area (TPSA) is 46.2 Å². The van der Waals surface area contributed by atoms with Gasteiger partial charge in [-0.2, -0.15) is 0 Å². The number of hydrogen-bond acceptors (Lipinski definition) is 3. The highest BCUT2D eigenvalue weighted by molar-refractivity contribution is 9.10. The minimum Gasteiger partial charge on any atom is -0.309 e. The molecule has 2 aromatic rings. The number of sulfone groups is 1. The molecule has 2 rings (SSSR count). The van der Waals surface area contributed by atoms with Gasteiger partial charge in [-0.05, 0) is 35.4 Å². The van der Waals surface area contributed by atoms with E-state index in [0.29, 0.717) is 18.0 Å². The lowest BCUT2D eigenvalue weighted by atomic mass is 10.2. The molecule has 0 aliphatic heterocycles. The van der Waals surface area contributed by atoms with E-state index in [1.54, 1.807) is 30.3 Å². The first-order valence-corrected chi connectivity index (χ1v) is 8.98. The van der Waals surface area contributed by atoms with E-state index in [0.717, 1.165) is 15.6 Å².